The van der Waals surface area contributed by atoms with Crippen LogP contribution < -0.4 is 5.32 Å². The minimum Gasteiger partial charge on any atom is -0.389 e. The first-order valence-electron chi connectivity index (χ1n) is 8.82. The monoisotopic (exact) mass is 297 g/mol. The molecule has 0 aromatic rings. The van der Waals surface area contributed by atoms with Gasteiger partial charge >= 0.3 is 0 Å². The zero-order chi connectivity index (χ0) is 14.6. The van der Waals surface area contributed by atoms with Crippen LogP contribution in [0.5, 0.6) is 0 Å². The molecular weight excluding hydrogens is 266 g/mol. The molecule has 0 bridgehead atoms. The maximum absolute atomic E-state index is 10.5. The Morgan fingerprint density at radius 3 is 2.43 bits per heavy atom. The molecule has 3 aliphatic rings. The number of ether oxygens (including phenoxy) is 2. The smallest absolute Gasteiger partial charge is 0.0771 e. The number of hydrogen-bond acceptors (Lipinski definition) is 4. The fraction of sp³-hybridized carbons (Fsp3) is 1.00. The highest BCUT2D eigenvalue weighted by Gasteiger charge is 2.37. The van der Waals surface area contributed by atoms with Crippen LogP contribution >= 0.6 is 0 Å². The SMILES string of the molecule is OC1(CNC[C@H]2CCC3(CCOCC3)CO2)CCCCC1. The highest BCUT2D eigenvalue weighted by atomic mass is 16.5. The Morgan fingerprint density at radius 2 is 1.76 bits per heavy atom. The minimum absolute atomic E-state index is 0.325. The molecule has 0 aromatic carbocycles. The van der Waals surface area contributed by atoms with Crippen LogP contribution in [0.4, 0.5) is 0 Å². The van der Waals surface area contributed by atoms with Crippen LogP contribution in [0.1, 0.15) is 57.8 Å². The molecule has 2 N–H and O–H groups in total. The number of aliphatic hydroxyl groups is 1. The highest BCUT2D eigenvalue weighted by Crippen LogP contribution is 2.39. The summed E-state index contributed by atoms with van der Waals surface area (Å²) in [5.41, 5.74) is -0.0643. The summed E-state index contributed by atoms with van der Waals surface area (Å²) < 4.78 is 11.6. The van der Waals surface area contributed by atoms with E-state index in [0.717, 1.165) is 65.0 Å². The van der Waals surface area contributed by atoms with Gasteiger partial charge in [-0.1, -0.05) is 19.3 Å². The van der Waals surface area contributed by atoms with Crippen molar-refractivity contribution in [1.29, 1.82) is 0 Å². The van der Waals surface area contributed by atoms with Gasteiger partial charge in [0.25, 0.3) is 0 Å². The topological polar surface area (TPSA) is 50.7 Å². The van der Waals surface area contributed by atoms with Crippen LogP contribution in [0, 0.1) is 5.41 Å². The fourth-order valence-electron chi connectivity index (χ4n) is 4.13. The molecule has 4 heteroatoms. The van der Waals surface area contributed by atoms with Gasteiger partial charge in [-0.25, -0.2) is 0 Å². The fourth-order valence-corrected chi connectivity index (χ4v) is 4.13. The zero-order valence-corrected chi connectivity index (χ0v) is 13.2. The Labute approximate surface area is 128 Å². The summed E-state index contributed by atoms with van der Waals surface area (Å²) in [4.78, 5) is 0. The Kier molecular flexibility index (Phi) is 5.20. The normalized spacial score (nSPS) is 32.1. The average Bonchev–Trinajstić information content (AvgIpc) is 2.51. The second-order valence-electron chi connectivity index (χ2n) is 7.50. The largest absolute Gasteiger partial charge is 0.389 e. The van der Waals surface area contributed by atoms with Crippen molar-refractivity contribution >= 4 is 0 Å². The Hall–Kier alpha value is -0.160. The standard InChI is InChI=1S/C17H31NO3/c19-17(5-2-1-3-6-17)13-18-12-15-4-7-16(14-21-15)8-10-20-11-9-16/h15,18-19H,1-14H2/t15-/m1/s1. The van der Waals surface area contributed by atoms with E-state index in [4.69, 9.17) is 9.47 Å². The summed E-state index contributed by atoms with van der Waals surface area (Å²) in [5, 5.41) is 13.9. The second kappa shape index (κ2) is 6.95. The van der Waals surface area contributed by atoms with E-state index in [1.165, 1.54) is 25.7 Å². The summed E-state index contributed by atoms with van der Waals surface area (Å²) in [6, 6.07) is 0. The van der Waals surface area contributed by atoms with Crippen LogP contribution in [0.15, 0.2) is 0 Å². The van der Waals surface area contributed by atoms with Crippen molar-refractivity contribution in [3.63, 3.8) is 0 Å². The van der Waals surface area contributed by atoms with Gasteiger partial charge in [-0.2, -0.15) is 0 Å². The number of hydrogen-bond donors (Lipinski definition) is 2. The Balaban J connectivity index is 1.35. The summed E-state index contributed by atoms with van der Waals surface area (Å²) in [5.74, 6) is 0. The molecule has 3 rings (SSSR count). The molecule has 2 heterocycles. The molecule has 1 saturated carbocycles. The molecule has 0 unspecified atom stereocenters. The first-order chi connectivity index (χ1) is 10.2. The molecular formula is C17H31NO3. The van der Waals surface area contributed by atoms with Crippen LogP contribution in [-0.4, -0.2) is 49.7 Å². The van der Waals surface area contributed by atoms with E-state index in [1.54, 1.807) is 0 Å². The lowest BCUT2D eigenvalue weighted by molar-refractivity contribution is -0.105. The third kappa shape index (κ3) is 4.19. The zero-order valence-electron chi connectivity index (χ0n) is 13.2. The predicted molar refractivity (Wildman–Crippen MR) is 82.4 cm³/mol. The van der Waals surface area contributed by atoms with Crippen molar-refractivity contribution in [3.8, 4) is 0 Å². The van der Waals surface area contributed by atoms with E-state index in [2.05, 4.69) is 5.32 Å². The molecule has 1 aliphatic carbocycles. The van der Waals surface area contributed by atoms with E-state index in [9.17, 15) is 5.11 Å². The molecule has 2 saturated heterocycles. The van der Waals surface area contributed by atoms with Gasteiger partial charge in [0.1, 0.15) is 0 Å². The van der Waals surface area contributed by atoms with E-state index in [1.807, 2.05) is 0 Å². The summed E-state index contributed by atoms with van der Waals surface area (Å²) >= 11 is 0. The summed E-state index contributed by atoms with van der Waals surface area (Å²) in [7, 11) is 0. The first-order valence-corrected chi connectivity index (χ1v) is 8.82. The van der Waals surface area contributed by atoms with Crippen molar-refractivity contribution in [1.82, 2.24) is 5.32 Å². The van der Waals surface area contributed by atoms with Crippen molar-refractivity contribution < 1.29 is 14.6 Å². The lowest BCUT2D eigenvalue weighted by Crippen LogP contribution is -2.47. The third-order valence-corrected chi connectivity index (χ3v) is 5.79. The van der Waals surface area contributed by atoms with E-state index in [0.29, 0.717) is 11.5 Å². The Morgan fingerprint density at radius 1 is 1.00 bits per heavy atom. The first kappa shape index (κ1) is 15.7. The van der Waals surface area contributed by atoms with Gasteiger partial charge in [0.2, 0.25) is 0 Å². The van der Waals surface area contributed by atoms with Gasteiger partial charge in [-0.05, 0) is 43.9 Å². The number of nitrogens with one attached hydrogen (secondary N) is 1. The lowest BCUT2D eigenvalue weighted by Gasteiger charge is -2.42. The minimum atomic E-state index is -0.463. The van der Waals surface area contributed by atoms with Gasteiger partial charge < -0.3 is 19.9 Å². The number of rotatable bonds is 4. The molecule has 1 atom stereocenters. The van der Waals surface area contributed by atoms with E-state index >= 15 is 0 Å². The molecule has 3 fully saturated rings. The molecule has 2 aliphatic heterocycles. The third-order valence-electron chi connectivity index (χ3n) is 5.79. The molecule has 1 spiro atoms. The van der Waals surface area contributed by atoms with Gasteiger partial charge in [-0.15, -0.1) is 0 Å². The maximum atomic E-state index is 10.5. The van der Waals surface area contributed by atoms with Gasteiger partial charge in [0.15, 0.2) is 0 Å². The van der Waals surface area contributed by atoms with Crippen LogP contribution in [0.2, 0.25) is 0 Å². The van der Waals surface area contributed by atoms with Crippen molar-refractivity contribution in [2.24, 2.45) is 5.41 Å². The van der Waals surface area contributed by atoms with E-state index < -0.39 is 5.60 Å². The van der Waals surface area contributed by atoms with Crippen LogP contribution in [0.25, 0.3) is 0 Å². The molecule has 21 heavy (non-hydrogen) atoms. The Bertz CT molecular complexity index is 312. The van der Waals surface area contributed by atoms with Crippen molar-refractivity contribution in [2.75, 3.05) is 32.9 Å². The van der Waals surface area contributed by atoms with Crippen molar-refractivity contribution in [3.05, 3.63) is 0 Å². The van der Waals surface area contributed by atoms with Crippen LogP contribution in [0.3, 0.4) is 0 Å². The molecule has 0 radical (unpaired) electrons. The molecule has 0 aromatic heterocycles. The van der Waals surface area contributed by atoms with Gasteiger partial charge in [0.05, 0.1) is 18.3 Å². The van der Waals surface area contributed by atoms with E-state index in [-0.39, 0.29) is 0 Å². The van der Waals surface area contributed by atoms with Crippen LogP contribution in [-0.2, 0) is 9.47 Å². The average molecular weight is 297 g/mol. The highest BCUT2D eigenvalue weighted by molar-refractivity contribution is 4.88. The quantitative estimate of drug-likeness (QED) is 0.835. The summed E-state index contributed by atoms with van der Waals surface area (Å²) in [6.45, 7) is 4.31. The second-order valence-corrected chi connectivity index (χ2v) is 7.50. The molecule has 0 amide bonds. The molecule has 4 nitrogen and oxygen atoms in total. The lowest BCUT2D eigenvalue weighted by atomic mass is 9.75. The van der Waals surface area contributed by atoms with Gasteiger partial charge in [0, 0.05) is 26.3 Å². The van der Waals surface area contributed by atoms with Crippen molar-refractivity contribution in [2.45, 2.75) is 69.5 Å². The molecule has 122 valence electrons. The summed E-state index contributed by atoms with van der Waals surface area (Å²) in [6.07, 6.45) is 10.6. The van der Waals surface area contributed by atoms with Gasteiger partial charge in [-0.3, -0.25) is 0 Å². The predicted octanol–water partition coefficient (Wildman–Crippen LogP) is 2.25. The maximum Gasteiger partial charge on any atom is 0.0771 e.